The first-order chi connectivity index (χ1) is 8.49. The fourth-order valence-electron chi connectivity index (χ4n) is 1.97. The van der Waals surface area contributed by atoms with Crippen LogP contribution in [-0.4, -0.2) is 4.98 Å². The third kappa shape index (κ3) is 3.10. The second-order valence-corrected chi connectivity index (χ2v) is 5.90. The van der Waals surface area contributed by atoms with Gasteiger partial charge in [-0.15, -0.1) is 0 Å². The van der Waals surface area contributed by atoms with Crippen LogP contribution < -0.4 is 5.73 Å². The largest absolute Gasteiger partial charge is 0.321 e. The van der Waals surface area contributed by atoms with E-state index < -0.39 is 5.54 Å². The number of hydrogen-bond acceptors (Lipinski definition) is 2. The van der Waals surface area contributed by atoms with Crippen molar-refractivity contribution >= 4 is 27.5 Å². The summed E-state index contributed by atoms with van der Waals surface area (Å²) < 4.78 is 0.955. The summed E-state index contributed by atoms with van der Waals surface area (Å²) in [5.74, 6) is 0. The Morgan fingerprint density at radius 3 is 2.56 bits per heavy atom. The molecule has 0 bridgehead atoms. The van der Waals surface area contributed by atoms with Gasteiger partial charge in [-0.2, -0.15) is 0 Å². The average Bonchev–Trinajstić information content (AvgIpc) is 2.29. The quantitative estimate of drug-likeness (QED) is 0.929. The Bertz CT molecular complexity index is 541. The minimum atomic E-state index is -0.501. The van der Waals surface area contributed by atoms with E-state index in [0.29, 0.717) is 5.02 Å². The number of aromatic nitrogens is 1. The summed E-state index contributed by atoms with van der Waals surface area (Å²) in [4.78, 5) is 4.00. The van der Waals surface area contributed by atoms with Crippen LogP contribution >= 0.6 is 27.5 Å². The van der Waals surface area contributed by atoms with Gasteiger partial charge in [0.2, 0.25) is 0 Å². The molecule has 0 fully saturated rings. The molecule has 2 N–H and O–H groups in total. The van der Waals surface area contributed by atoms with Crippen LogP contribution in [0.5, 0.6) is 0 Å². The van der Waals surface area contributed by atoms with Gasteiger partial charge in [0.25, 0.3) is 0 Å². The fourth-order valence-corrected chi connectivity index (χ4v) is 2.86. The first-order valence-electron chi connectivity index (χ1n) is 5.62. The number of halogens is 2. The molecule has 1 atom stereocenters. The monoisotopic (exact) mass is 324 g/mol. The van der Waals surface area contributed by atoms with Crippen LogP contribution in [0.1, 0.15) is 18.1 Å². The summed E-state index contributed by atoms with van der Waals surface area (Å²) in [6, 6.07) is 9.73. The Hall–Kier alpha value is -0.900. The third-order valence-electron chi connectivity index (χ3n) is 2.87. The van der Waals surface area contributed by atoms with Crippen LogP contribution in [0.4, 0.5) is 0 Å². The van der Waals surface area contributed by atoms with Crippen LogP contribution in [0, 0.1) is 0 Å². The molecule has 2 nitrogen and oxygen atoms in total. The highest BCUT2D eigenvalue weighted by molar-refractivity contribution is 9.10. The summed E-state index contributed by atoms with van der Waals surface area (Å²) >= 11 is 9.65. The Morgan fingerprint density at radius 1 is 1.28 bits per heavy atom. The zero-order valence-electron chi connectivity index (χ0n) is 10.0. The highest BCUT2D eigenvalue weighted by atomic mass is 79.9. The molecule has 1 heterocycles. The molecule has 1 unspecified atom stereocenters. The van der Waals surface area contributed by atoms with E-state index in [1.807, 2.05) is 37.3 Å². The van der Waals surface area contributed by atoms with Gasteiger partial charge in [0.15, 0.2) is 0 Å². The van der Waals surface area contributed by atoms with Crippen molar-refractivity contribution in [1.82, 2.24) is 4.98 Å². The fraction of sp³-hybridized carbons (Fsp3) is 0.214. The Morgan fingerprint density at radius 2 is 1.94 bits per heavy atom. The maximum Gasteiger partial charge on any atom is 0.0467 e. The van der Waals surface area contributed by atoms with Crippen molar-refractivity contribution in [1.29, 1.82) is 0 Å². The Kier molecular flexibility index (Phi) is 4.05. The van der Waals surface area contributed by atoms with Gasteiger partial charge in [0, 0.05) is 27.4 Å². The van der Waals surface area contributed by atoms with Crippen LogP contribution in [0.25, 0.3) is 0 Å². The molecule has 2 rings (SSSR count). The molecule has 18 heavy (non-hydrogen) atoms. The maximum atomic E-state index is 6.40. The molecule has 0 aliphatic carbocycles. The molecule has 0 aliphatic heterocycles. The maximum absolute atomic E-state index is 6.40. The number of nitrogens with zero attached hydrogens (tertiary/aromatic N) is 1. The van der Waals surface area contributed by atoms with E-state index in [0.717, 1.165) is 22.0 Å². The van der Waals surface area contributed by atoms with E-state index in [9.17, 15) is 0 Å². The van der Waals surface area contributed by atoms with Gasteiger partial charge < -0.3 is 5.73 Å². The first kappa shape index (κ1) is 13.5. The molecular weight excluding hydrogens is 312 g/mol. The molecule has 1 aromatic carbocycles. The van der Waals surface area contributed by atoms with Crippen molar-refractivity contribution in [3.05, 3.63) is 63.3 Å². The van der Waals surface area contributed by atoms with E-state index >= 15 is 0 Å². The van der Waals surface area contributed by atoms with Crippen LogP contribution in [-0.2, 0) is 12.0 Å². The number of rotatable bonds is 3. The van der Waals surface area contributed by atoms with Crippen molar-refractivity contribution in [2.24, 2.45) is 5.73 Å². The molecule has 2 aromatic rings. The van der Waals surface area contributed by atoms with Crippen LogP contribution in [0.15, 0.2) is 47.2 Å². The van der Waals surface area contributed by atoms with Crippen LogP contribution in [0.3, 0.4) is 0 Å². The Labute approximate surface area is 120 Å². The molecule has 0 saturated heterocycles. The van der Waals surface area contributed by atoms with E-state index in [-0.39, 0.29) is 0 Å². The SMILES string of the molecule is CC(N)(Cc1ccncc1)c1ccc(Br)cc1Cl. The number of benzene rings is 1. The summed E-state index contributed by atoms with van der Waals surface area (Å²) in [5, 5.41) is 0.684. The highest BCUT2D eigenvalue weighted by Gasteiger charge is 2.24. The van der Waals surface area contributed by atoms with E-state index in [1.165, 1.54) is 0 Å². The van der Waals surface area contributed by atoms with Crippen molar-refractivity contribution in [3.8, 4) is 0 Å². The number of nitrogens with two attached hydrogens (primary N) is 1. The first-order valence-corrected chi connectivity index (χ1v) is 6.79. The van der Waals surface area contributed by atoms with Crippen molar-refractivity contribution < 1.29 is 0 Å². The molecule has 1 aromatic heterocycles. The minimum absolute atomic E-state index is 0.501. The molecule has 0 spiro atoms. The summed E-state index contributed by atoms with van der Waals surface area (Å²) in [6.45, 7) is 1.99. The standard InChI is InChI=1S/C14H14BrClN2/c1-14(17,9-10-4-6-18-7-5-10)12-3-2-11(15)8-13(12)16/h2-8H,9,17H2,1H3. The lowest BCUT2D eigenvalue weighted by atomic mass is 9.87. The van der Waals surface area contributed by atoms with Gasteiger partial charge in [-0.3, -0.25) is 4.98 Å². The molecule has 4 heteroatoms. The normalized spacial score (nSPS) is 14.2. The number of pyridine rings is 1. The second-order valence-electron chi connectivity index (χ2n) is 4.57. The minimum Gasteiger partial charge on any atom is -0.321 e. The smallest absolute Gasteiger partial charge is 0.0467 e. The molecule has 0 radical (unpaired) electrons. The predicted molar refractivity (Wildman–Crippen MR) is 78.6 cm³/mol. The summed E-state index contributed by atoms with van der Waals surface area (Å²) in [5.41, 5.74) is 8.00. The zero-order chi connectivity index (χ0) is 13.2. The van der Waals surface area contributed by atoms with E-state index in [2.05, 4.69) is 20.9 Å². The lowest BCUT2D eigenvalue weighted by Crippen LogP contribution is -2.35. The van der Waals surface area contributed by atoms with Gasteiger partial charge in [-0.05, 0) is 48.7 Å². The van der Waals surface area contributed by atoms with Crippen LogP contribution in [0.2, 0.25) is 5.02 Å². The van der Waals surface area contributed by atoms with Gasteiger partial charge >= 0.3 is 0 Å². The molecule has 0 aliphatic rings. The van der Waals surface area contributed by atoms with Gasteiger partial charge in [-0.1, -0.05) is 33.6 Å². The number of hydrogen-bond donors (Lipinski definition) is 1. The van der Waals surface area contributed by atoms with Gasteiger partial charge in [0.05, 0.1) is 0 Å². The molecule has 94 valence electrons. The van der Waals surface area contributed by atoms with Gasteiger partial charge in [0.1, 0.15) is 0 Å². The molecular formula is C14H14BrClN2. The van der Waals surface area contributed by atoms with Gasteiger partial charge in [-0.25, -0.2) is 0 Å². The lowest BCUT2D eigenvalue weighted by Gasteiger charge is -2.26. The highest BCUT2D eigenvalue weighted by Crippen LogP contribution is 2.31. The zero-order valence-corrected chi connectivity index (χ0v) is 12.4. The van der Waals surface area contributed by atoms with Crippen molar-refractivity contribution in [2.75, 3.05) is 0 Å². The Balaban J connectivity index is 2.30. The summed E-state index contributed by atoms with van der Waals surface area (Å²) in [6.07, 6.45) is 4.26. The molecule has 0 saturated carbocycles. The van der Waals surface area contributed by atoms with E-state index in [1.54, 1.807) is 12.4 Å². The average molecular weight is 326 g/mol. The summed E-state index contributed by atoms with van der Waals surface area (Å²) in [7, 11) is 0. The second kappa shape index (κ2) is 5.39. The van der Waals surface area contributed by atoms with Crippen molar-refractivity contribution in [3.63, 3.8) is 0 Å². The molecule has 0 amide bonds. The van der Waals surface area contributed by atoms with E-state index in [4.69, 9.17) is 17.3 Å². The predicted octanol–water partition coefficient (Wildman–Crippen LogP) is 3.91. The topological polar surface area (TPSA) is 38.9 Å². The third-order valence-corrected chi connectivity index (χ3v) is 3.67. The van der Waals surface area contributed by atoms with Crippen molar-refractivity contribution in [2.45, 2.75) is 18.9 Å². The lowest BCUT2D eigenvalue weighted by molar-refractivity contribution is 0.491.